The molecule has 1 fully saturated rings. The number of piperidine rings is 1. The molecule has 1 aromatic rings. The Labute approximate surface area is 113 Å². The summed E-state index contributed by atoms with van der Waals surface area (Å²) in [6.07, 6.45) is 3.83. The molecule has 0 saturated carbocycles. The molecule has 0 spiro atoms. The topological polar surface area (TPSA) is 69.6 Å². The molecule has 2 heterocycles. The highest BCUT2D eigenvalue weighted by atomic mass is 16.4. The van der Waals surface area contributed by atoms with E-state index < -0.39 is 5.97 Å². The number of hydrogen-bond donors (Lipinski definition) is 1. The number of aromatic nitrogens is 2. The summed E-state index contributed by atoms with van der Waals surface area (Å²) in [4.78, 5) is 23.4. The van der Waals surface area contributed by atoms with Crippen molar-refractivity contribution in [2.75, 3.05) is 38.6 Å². The quantitative estimate of drug-likeness (QED) is 0.873. The lowest BCUT2D eigenvalue weighted by molar-refractivity contribution is 0.0690. The van der Waals surface area contributed by atoms with Crippen LogP contribution in [-0.4, -0.2) is 59.7 Å². The molecule has 0 amide bonds. The summed E-state index contributed by atoms with van der Waals surface area (Å²) >= 11 is 0. The molecule has 0 aromatic carbocycles. The third-order valence-electron chi connectivity index (χ3n) is 3.57. The molecule has 0 atom stereocenters. The highest BCUT2D eigenvalue weighted by Crippen LogP contribution is 2.18. The molecular weight excluding hydrogens is 244 g/mol. The van der Waals surface area contributed by atoms with Crippen molar-refractivity contribution in [2.24, 2.45) is 5.92 Å². The molecular formula is C13H20N4O2. The van der Waals surface area contributed by atoms with E-state index in [-0.39, 0.29) is 5.69 Å². The van der Waals surface area contributed by atoms with Gasteiger partial charge in [0, 0.05) is 19.8 Å². The summed E-state index contributed by atoms with van der Waals surface area (Å²) in [5, 5.41) is 8.93. The van der Waals surface area contributed by atoms with Crippen molar-refractivity contribution >= 4 is 11.9 Å². The Bertz CT molecular complexity index is 444. The van der Waals surface area contributed by atoms with Gasteiger partial charge >= 0.3 is 5.97 Å². The van der Waals surface area contributed by atoms with Crippen LogP contribution in [0.15, 0.2) is 12.3 Å². The Morgan fingerprint density at radius 1 is 1.53 bits per heavy atom. The van der Waals surface area contributed by atoms with E-state index in [9.17, 15) is 4.79 Å². The van der Waals surface area contributed by atoms with E-state index in [2.05, 4.69) is 21.9 Å². The lowest BCUT2D eigenvalue weighted by atomic mass is 9.97. The molecule has 104 valence electrons. The first-order valence-electron chi connectivity index (χ1n) is 6.52. The fraction of sp³-hybridized carbons (Fsp3) is 0.615. The van der Waals surface area contributed by atoms with Gasteiger partial charge in [-0.2, -0.15) is 0 Å². The summed E-state index contributed by atoms with van der Waals surface area (Å²) in [7, 11) is 4.05. The average molecular weight is 264 g/mol. The first-order valence-corrected chi connectivity index (χ1v) is 6.52. The molecule has 1 N–H and O–H groups in total. The third kappa shape index (κ3) is 3.64. The van der Waals surface area contributed by atoms with Crippen LogP contribution in [-0.2, 0) is 0 Å². The van der Waals surface area contributed by atoms with Gasteiger partial charge < -0.3 is 14.9 Å². The van der Waals surface area contributed by atoms with Gasteiger partial charge in [-0.15, -0.1) is 0 Å². The Balaban J connectivity index is 1.97. The normalized spacial score (nSPS) is 17.4. The van der Waals surface area contributed by atoms with E-state index in [0.29, 0.717) is 11.9 Å². The zero-order valence-electron chi connectivity index (χ0n) is 11.4. The molecule has 0 radical (unpaired) electrons. The fourth-order valence-corrected chi connectivity index (χ4v) is 2.37. The maximum absolute atomic E-state index is 10.9. The monoisotopic (exact) mass is 264 g/mol. The average Bonchev–Trinajstić information content (AvgIpc) is 2.41. The predicted molar refractivity (Wildman–Crippen MR) is 72.5 cm³/mol. The Kier molecular flexibility index (Phi) is 4.31. The van der Waals surface area contributed by atoms with Crippen LogP contribution >= 0.6 is 0 Å². The molecule has 6 nitrogen and oxygen atoms in total. The summed E-state index contributed by atoms with van der Waals surface area (Å²) in [6.45, 7) is 3.11. The van der Waals surface area contributed by atoms with Gasteiger partial charge in [-0.25, -0.2) is 14.8 Å². The van der Waals surface area contributed by atoms with Crippen LogP contribution in [0.25, 0.3) is 0 Å². The van der Waals surface area contributed by atoms with Crippen LogP contribution in [0.4, 0.5) is 5.95 Å². The maximum Gasteiger partial charge on any atom is 0.354 e. The number of aromatic carboxylic acids is 1. The van der Waals surface area contributed by atoms with E-state index >= 15 is 0 Å². The van der Waals surface area contributed by atoms with Gasteiger partial charge in [0.1, 0.15) is 0 Å². The minimum Gasteiger partial charge on any atom is -0.477 e. The fourth-order valence-electron chi connectivity index (χ4n) is 2.37. The Morgan fingerprint density at radius 2 is 2.21 bits per heavy atom. The van der Waals surface area contributed by atoms with Crippen molar-refractivity contribution in [3.63, 3.8) is 0 Å². The van der Waals surface area contributed by atoms with E-state index in [0.717, 1.165) is 19.6 Å². The van der Waals surface area contributed by atoms with Crippen LogP contribution < -0.4 is 4.90 Å². The van der Waals surface area contributed by atoms with Gasteiger partial charge in [0.2, 0.25) is 5.95 Å². The first kappa shape index (κ1) is 13.7. The predicted octanol–water partition coefficient (Wildman–Crippen LogP) is 0.953. The van der Waals surface area contributed by atoms with Crippen molar-refractivity contribution in [1.29, 1.82) is 0 Å². The van der Waals surface area contributed by atoms with Gasteiger partial charge in [-0.1, -0.05) is 0 Å². The first-order chi connectivity index (χ1) is 9.06. The zero-order chi connectivity index (χ0) is 13.8. The molecule has 19 heavy (non-hydrogen) atoms. The van der Waals surface area contributed by atoms with Gasteiger partial charge in [-0.05, 0) is 45.0 Å². The summed E-state index contributed by atoms with van der Waals surface area (Å²) < 4.78 is 0. The number of nitrogens with zero attached hydrogens (tertiary/aromatic N) is 4. The third-order valence-corrected chi connectivity index (χ3v) is 3.57. The smallest absolute Gasteiger partial charge is 0.354 e. The molecule has 0 bridgehead atoms. The van der Waals surface area contributed by atoms with Crippen LogP contribution in [0.5, 0.6) is 0 Å². The SMILES string of the molecule is CN1CCC(CN(C)c2nccc(C(=O)O)n2)CC1. The Morgan fingerprint density at radius 3 is 2.84 bits per heavy atom. The van der Waals surface area contributed by atoms with Gasteiger partial charge in [-0.3, -0.25) is 0 Å². The molecule has 6 heteroatoms. The molecule has 2 rings (SSSR count). The molecule has 1 aliphatic rings. The lowest BCUT2D eigenvalue weighted by Gasteiger charge is -2.31. The highest BCUT2D eigenvalue weighted by Gasteiger charge is 2.19. The molecule has 1 aliphatic heterocycles. The van der Waals surface area contributed by atoms with Gasteiger partial charge in [0.05, 0.1) is 0 Å². The number of anilines is 1. The van der Waals surface area contributed by atoms with Crippen LogP contribution in [0, 0.1) is 5.92 Å². The number of rotatable bonds is 4. The minimum atomic E-state index is -1.02. The summed E-state index contributed by atoms with van der Waals surface area (Å²) in [6, 6.07) is 1.41. The Hall–Kier alpha value is -1.69. The highest BCUT2D eigenvalue weighted by molar-refractivity contribution is 5.85. The number of hydrogen-bond acceptors (Lipinski definition) is 5. The second-order valence-electron chi connectivity index (χ2n) is 5.17. The van der Waals surface area contributed by atoms with Crippen molar-refractivity contribution in [3.05, 3.63) is 18.0 Å². The van der Waals surface area contributed by atoms with Gasteiger partial charge in [0.25, 0.3) is 0 Å². The van der Waals surface area contributed by atoms with Crippen LogP contribution in [0.3, 0.4) is 0 Å². The van der Waals surface area contributed by atoms with Crippen LogP contribution in [0.2, 0.25) is 0 Å². The maximum atomic E-state index is 10.9. The van der Waals surface area contributed by atoms with E-state index in [1.807, 2.05) is 11.9 Å². The van der Waals surface area contributed by atoms with Crippen LogP contribution in [0.1, 0.15) is 23.3 Å². The number of carboxylic acid groups (broad SMARTS) is 1. The largest absolute Gasteiger partial charge is 0.477 e. The van der Waals surface area contributed by atoms with E-state index in [1.165, 1.54) is 25.1 Å². The molecule has 0 aliphatic carbocycles. The van der Waals surface area contributed by atoms with Crippen molar-refractivity contribution < 1.29 is 9.90 Å². The number of likely N-dealkylation sites (tertiary alicyclic amines) is 1. The van der Waals surface area contributed by atoms with E-state index in [4.69, 9.17) is 5.11 Å². The van der Waals surface area contributed by atoms with Crippen molar-refractivity contribution in [2.45, 2.75) is 12.8 Å². The van der Waals surface area contributed by atoms with Gasteiger partial charge in [0.15, 0.2) is 5.69 Å². The number of carbonyl (C=O) groups is 1. The van der Waals surface area contributed by atoms with Crippen molar-refractivity contribution in [1.82, 2.24) is 14.9 Å². The molecule has 1 saturated heterocycles. The second-order valence-corrected chi connectivity index (χ2v) is 5.17. The lowest BCUT2D eigenvalue weighted by Crippen LogP contribution is -2.36. The summed E-state index contributed by atoms with van der Waals surface area (Å²) in [5.41, 5.74) is 0.0419. The van der Waals surface area contributed by atoms with E-state index in [1.54, 1.807) is 0 Å². The molecule has 1 aromatic heterocycles. The zero-order valence-corrected chi connectivity index (χ0v) is 11.4. The standard InChI is InChI=1S/C13H20N4O2/c1-16-7-4-10(5-8-16)9-17(2)13-14-6-3-11(15-13)12(18)19/h3,6,10H,4-5,7-9H2,1-2H3,(H,18,19). The summed E-state index contributed by atoms with van der Waals surface area (Å²) in [5.74, 6) is 0.0912. The number of carboxylic acids is 1. The molecule has 0 unspecified atom stereocenters. The minimum absolute atomic E-state index is 0.0419. The second kappa shape index (κ2) is 5.97. The van der Waals surface area contributed by atoms with Crippen molar-refractivity contribution in [3.8, 4) is 0 Å².